The topological polar surface area (TPSA) is 86.6 Å². The average molecular weight is 285 g/mol. The van der Waals surface area contributed by atoms with Crippen molar-refractivity contribution in [1.82, 2.24) is 5.32 Å². The third-order valence-electron chi connectivity index (χ3n) is 2.72. The molecule has 0 saturated carbocycles. The number of aliphatic carboxylic acids is 1. The lowest BCUT2D eigenvalue weighted by molar-refractivity contribution is -0.139. The standard InChI is InChI=1S/C13H20NO4P/c1-10(2)8-12(13(15)16)14-9-19(17,18)11-6-4-3-5-7-11/h3-7,10,12,14H,8-9H2,1-2H3,(H,15,16)(H,17,18). The monoisotopic (exact) mass is 285 g/mol. The number of hydrogen-bond donors (Lipinski definition) is 3. The Morgan fingerprint density at radius 1 is 1.32 bits per heavy atom. The van der Waals surface area contributed by atoms with E-state index in [-0.39, 0.29) is 12.2 Å². The Labute approximate surface area is 113 Å². The lowest BCUT2D eigenvalue weighted by Gasteiger charge is -2.19. The fourth-order valence-corrected chi connectivity index (χ4v) is 3.02. The van der Waals surface area contributed by atoms with Crippen molar-refractivity contribution >= 4 is 18.6 Å². The van der Waals surface area contributed by atoms with Gasteiger partial charge in [-0.2, -0.15) is 0 Å². The Bertz CT molecular complexity index is 461. The van der Waals surface area contributed by atoms with Crippen LogP contribution >= 0.6 is 7.37 Å². The van der Waals surface area contributed by atoms with Crippen LogP contribution in [0.15, 0.2) is 30.3 Å². The summed E-state index contributed by atoms with van der Waals surface area (Å²) in [6, 6.07) is 7.46. The summed E-state index contributed by atoms with van der Waals surface area (Å²) in [6.07, 6.45) is 0.185. The molecule has 3 N–H and O–H groups in total. The molecule has 19 heavy (non-hydrogen) atoms. The van der Waals surface area contributed by atoms with Crippen molar-refractivity contribution < 1.29 is 19.4 Å². The zero-order valence-corrected chi connectivity index (χ0v) is 12.0. The van der Waals surface area contributed by atoms with Crippen molar-refractivity contribution in [2.75, 3.05) is 6.29 Å². The van der Waals surface area contributed by atoms with E-state index in [0.717, 1.165) is 0 Å². The molecule has 0 aromatic heterocycles. The minimum atomic E-state index is -3.56. The first-order valence-electron chi connectivity index (χ1n) is 6.16. The van der Waals surface area contributed by atoms with E-state index in [0.29, 0.717) is 11.7 Å². The Morgan fingerprint density at radius 3 is 2.37 bits per heavy atom. The molecule has 0 bridgehead atoms. The molecule has 106 valence electrons. The molecule has 2 unspecified atom stereocenters. The van der Waals surface area contributed by atoms with Gasteiger partial charge in [0, 0.05) is 5.30 Å². The second kappa shape index (κ2) is 6.85. The van der Waals surface area contributed by atoms with E-state index in [1.54, 1.807) is 30.3 Å². The quantitative estimate of drug-likeness (QED) is 0.663. The van der Waals surface area contributed by atoms with Gasteiger partial charge in [0.25, 0.3) is 0 Å². The van der Waals surface area contributed by atoms with Crippen LogP contribution in [-0.4, -0.2) is 28.3 Å². The molecule has 1 aromatic carbocycles. The highest BCUT2D eigenvalue weighted by Crippen LogP contribution is 2.37. The number of carbonyl (C=O) groups is 1. The molecule has 0 fully saturated rings. The van der Waals surface area contributed by atoms with Gasteiger partial charge >= 0.3 is 5.97 Å². The molecule has 1 rings (SSSR count). The van der Waals surface area contributed by atoms with Crippen LogP contribution in [0, 0.1) is 5.92 Å². The van der Waals surface area contributed by atoms with Crippen LogP contribution in [0.1, 0.15) is 20.3 Å². The highest BCUT2D eigenvalue weighted by molar-refractivity contribution is 7.66. The largest absolute Gasteiger partial charge is 0.480 e. The van der Waals surface area contributed by atoms with E-state index >= 15 is 0 Å². The number of rotatable bonds is 7. The molecule has 0 aliphatic rings. The third kappa shape index (κ3) is 5.15. The average Bonchev–Trinajstić information content (AvgIpc) is 2.35. The Morgan fingerprint density at radius 2 is 1.89 bits per heavy atom. The molecule has 0 radical (unpaired) electrons. The van der Waals surface area contributed by atoms with Crippen LogP contribution in [0.4, 0.5) is 0 Å². The van der Waals surface area contributed by atoms with Crippen molar-refractivity contribution in [3.63, 3.8) is 0 Å². The number of nitrogens with one attached hydrogen (secondary N) is 1. The van der Waals surface area contributed by atoms with Crippen molar-refractivity contribution in [2.45, 2.75) is 26.3 Å². The fraction of sp³-hybridized carbons (Fsp3) is 0.462. The summed E-state index contributed by atoms with van der Waals surface area (Å²) < 4.78 is 12.1. The van der Waals surface area contributed by atoms with Gasteiger partial charge in [-0.1, -0.05) is 32.0 Å². The third-order valence-corrected chi connectivity index (χ3v) is 4.43. The molecule has 1 aromatic rings. The van der Waals surface area contributed by atoms with Crippen LogP contribution < -0.4 is 10.6 Å². The number of benzene rings is 1. The summed E-state index contributed by atoms with van der Waals surface area (Å²) >= 11 is 0. The van der Waals surface area contributed by atoms with Crippen molar-refractivity contribution in [3.05, 3.63) is 30.3 Å². The molecule has 0 amide bonds. The molecular formula is C13H20NO4P. The fourth-order valence-electron chi connectivity index (χ4n) is 1.73. The smallest absolute Gasteiger partial charge is 0.320 e. The molecule has 0 spiro atoms. The Balaban J connectivity index is 2.68. The maximum absolute atomic E-state index is 12.1. The van der Waals surface area contributed by atoms with E-state index in [9.17, 15) is 14.3 Å². The predicted molar refractivity (Wildman–Crippen MR) is 74.8 cm³/mol. The molecule has 2 atom stereocenters. The number of carboxylic acid groups (broad SMARTS) is 1. The van der Waals surface area contributed by atoms with E-state index in [4.69, 9.17) is 5.11 Å². The SMILES string of the molecule is CC(C)CC(NCP(=O)(O)c1ccccc1)C(=O)O. The summed E-state index contributed by atoms with van der Waals surface area (Å²) in [6.45, 7) is 3.82. The van der Waals surface area contributed by atoms with Gasteiger partial charge in [0.05, 0.1) is 6.29 Å². The summed E-state index contributed by atoms with van der Waals surface area (Å²) in [5.74, 6) is -0.801. The lowest BCUT2D eigenvalue weighted by atomic mass is 10.0. The molecule has 0 aliphatic heterocycles. The second-order valence-corrected chi connectivity index (χ2v) is 7.16. The summed E-state index contributed by atoms with van der Waals surface area (Å²) in [5, 5.41) is 12.1. The molecule has 0 saturated heterocycles. The van der Waals surface area contributed by atoms with Gasteiger partial charge in [-0.15, -0.1) is 0 Å². The van der Waals surface area contributed by atoms with Gasteiger partial charge in [-0.25, -0.2) is 0 Å². The second-order valence-electron chi connectivity index (χ2n) is 4.92. The highest BCUT2D eigenvalue weighted by Gasteiger charge is 2.25. The maximum atomic E-state index is 12.1. The molecule has 0 heterocycles. The van der Waals surface area contributed by atoms with Crippen LogP contribution in [0.25, 0.3) is 0 Å². The molecule has 5 nitrogen and oxygen atoms in total. The van der Waals surface area contributed by atoms with Gasteiger partial charge in [0.1, 0.15) is 6.04 Å². The van der Waals surface area contributed by atoms with Crippen LogP contribution in [0.3, 0.4) is 0 Å². The van der Waals surface area contributed by atoms with Gasteiger partial charge < -0.3 is 10.00 Å². The Hall–Kier alpha value is -1.16. The number of hydrogen-bond acceptors (Lipinski definition) is 3. The van der Waals surface area contributed by atoms with Gasteiger partial charge in [0.15, 0.2) is 0 Å². The summed E-state index contributed by atoms with van der Waals surface area (Å²) in [7, 11) is -3.56. The van der Waals surface area contributed by atoms with Crippen molar-refractivity contribution in [1.29, 1.82) is 0 Å². The van der Waals surface area contributed by atoms with Gasteiger partial charge in [0.2, 0.25) is 7.37 Å². The van der Waals surface area contributed by atoms with Crippen LogP contribution in [0.2, 0.25) is 0 Å². The van der Waals surface area contributed by atoms with E-state index in [2.05, 4.69) is 5.32 Å². The zero-order valence-electron chi connectivity index (χ0n) is 11.1. The molecule has 6 heteroatoms. The minimum absolute atomic E-state index is 0.198. The van der Waals surface area contributed by atoms with Crippen LogP contribution in [-0.2, 0) is 9.36 Å². The molecular weight excluding hydrogens is 265 g/mol. The first kappa shape index (κ1) is 15.9. The van der Waals surface area contributed by atoms with Crippen LogP contribution in [0.5, 0.6) is 0 Å². The summed E-state index contributed by atoms with van der Waals surface area (Å²) in [4.78, 5) is 21.0. The van der Waals surface area contributed by atoms with Gasteiger partial charge in [-0.3, -0.25) is 14.7 Å². The van der Waals surface area contributed by atoms with E-state index in [1.807, 2.05) is 13.8 Å². The summed E-state index contributed by atoms with van der Waals surface area (Å²) in [5.41, 5.74) is 0. The predicted octanol–water partition coefficient (Wildman–Crippen LogP) is 1.63. The first-order chi connectivity index (χ1) is 8.83. The van der Waals surface area contributed by atoms with Crippen molar-refractivity contribution in [2.24, 2.45) is 5.92 Å². The zero-order chi connectivity index (χ0) is 14.5. The Kier molecular flexibility index (Phi) is 5.73. The highest BCUT2D eigenvalue weighted by atomic mass is 31.2. The molecule has 0 aliphatic carbocycles. The lowest BCUT2D eigenvalue weighted by Crippen LogP contribution is -2.39. The van der Waals surface area contributed by atoms with E-state index < -0.39 is 19.4 Å². The number of carboxylic acids is 1. The first-order valence-corrected chi connectivity index (χ1v) is 8.01. The normalized spacial score (nSPS) is 16.0. The van der Waals surface area contributed by atoms with Crippen molar-refractivity contribution in [3.8, 4) is 0 Å². The maximum Gasteiger partial charge on any atom is 0.320 e. The van der Waals surface area contributed by atoms with E-state index in [1.165, 1.54) is 0 Å². The minimum Gasteiger partial charge on any atom is -0.480 e. The van der Waals surface area contributed by atoms with Gasteiger partial charge in [-0.05, 0) is 24.5 Å².